The van der Waals surface area contributed by atoms with Crippen molar-refractivity contribution in [3.8, 4) is 5.75 Å². The minimum absolute atomic E-state index is 0.0678. The zero-order chi connectivity index (χ0) is 20.4. The molecule has 1 unspecified atom stereocenters. The number of nitrogens with one attached hydrogen (secondary N) is 2. The third-order valence-electron chi connectivity index (χ3n) is 4.97. The van der Waals surface area contributed by atoms with Gasteiger partial charge in [-0.1, -0.05) is 31.2 Å². The van der Waals surface area contributed by atoms with Gasteiger partial charge in [0.05, 0.1) is 24.1 Å². The number of ketones is 1. The summed E-state index contributed by atoms with van der Waals surface area (Å²) in [6, 6.07) is 15.6. The van der Waals surface area contributed by atoms with Crippen LogP contribution in [0, 0.1) is 12.8 Å². The van der Waals surface area contributed by atoms with Gasteiger partial charge in [0, 0.05) is 12.1 Å². The largest absolute Gasteiger partial charge is 0.495 e. The molecule has 29 heavy (non-hydrogen) atoms. The Labute approximate surface area is 170 Å². The minimum atomic E-state index is 0.0678. The highest BCUT2D eigenvalue weighted by molar-refractivity contribution is 6.03. The van der Waals surface area contributed by atoms with E-state index in [1.54, 1.807) is 7.11 Å². The molecule has 1 aromatic heterocycles. The van der Waals surface area contributed by atoms with E-state index in [-0.39, 0.29) is 11.7 Å². The van der Waals surface area contributed by atoms with Gasteiger partial charge in [-0.05, 0) is 49.1 Å². The molecule has 3 aromatic rings. The van der Waals surface area contributed by atoms with E-state index in [0.717, 1.165) is 29.1 Å². The van der Waals surface area contributed by atoms with E-state index in [4.69, 9.17) is 4.74 Å². The van der Waals surface area contributed by atoms with E-state index in [1.807, 2.05) is 55.5 Å². The van der Waals surface area contributed by atoms with Crippen LogP contribution >= 0.6 is 0 Å². The lowest BCUT2D eigenvalue weighted by Crippen LogP contribution is -2.22. The first-order valence-electron chi connectivity index (χ1n) is 9.71. The second-order valence-electron chi connectivity index (χ2n) is 7.47. The van der Waals surface area contributed by atoms with Crippen molar-refractivity contribution in [3.63, 3.8) is 0 Å². The Morgan fingerprint density at radius 3 is 2.66 bits per heavy atom. The average molecular weight is 388 g/mol. The zero-order valence-corrected chi connectivity index (χ0v) is 16.8. The number of ether oxygens (including phenoxy) is 1. The first-order chi connectivity index (χ1) is 14.0. The Balaban J connectivity index is 1.77. The first-order valence-corrected chi connectivity index (χ1v) is 9.71. The van der Waals surface area contributed by atoms with Gasteiger partial charge >= 0.3 is 0 Å². The van der Waals surface area contributed by atoms with E-state index in [9.17, 15) is 4.79 Å². The number of methoxy groups -OCH3 is 1. The zero-order valence-electron chi connectivity index (χ0n) is 16.8. The number of rotatable bonds is 5. The van der Waals surface area contributed by atoms with Crippen LogP contribution in [-0.4, -0.2) is 22.9 Å². The van der Waals surface area contributed by atoms with Crippen molar-refractivity contribution < 1.29 is 9.53 Å². The Hall–Kier alpha value is -3.41. The van der Waals surface area contributed by atoms with Crippen molar-refractivity contribution in [2.45, 2.75) is 26.7 Å². The number of Topliss-reactive ketones (excluding diaryl/α,β-unsaturated/α-hetero) is 1. The van der Waals surface area contributed by atoms with Crippen LogP contribution in [-0.2, 0) is 6.42 Å². The summed E-state index contributed by atoms with van der Waals surface area (Å²) in [7, 11) is 1.62. The fourth-order valence-corrected chi connectivity index (χ4v) is 3.64. The first kappa shape index (κ1) is 18.9. The van der Waals surface area contributed by atoms with Gasteiger partial charge in [-0.2, -0.15) is 4.98 Å². The molecule has 0 saturated heterocycles. The lowest BCUT2D eigenvalue weighted by atomic mass is 9.87. The van der Waals surface area contributed by atoms with E-state index >= 15 is 0 Å². The van der Waals surface area contributed by atoms with Gasteiger partial charge in [-0.25, -0.2) is 4.98 Å². The number of aromatic nitrogens is 2. The summed E-state index contributed by atoms with van der Waals surface area (Å²) in [4.78, 5) is 22.1. The third-order valence-corrected chi connectivity index (χ3v) is 4.97. The Kier molecular flexibility index (Phi) is 5.16. The van der Waals surface area contributed by atoms with Crippen molar-refractivity contribution in [1.82, 2.24) is 9.97 Å². The minimum Gasteiger partial charge on any atom is -0.495 e. The molecule has 1 atom stereocenters. The number of hydrogen-bond donors (Lipinski definition) is 2. The predicted octanol–water partition coefficient (Wildman–Crippen LogP) is 5.05. The lowest BCUT2D eigenvalue weighted by Gasteiger charge is -2.23. The summed E-state index contributed by atoms with van der Waals surface area (Å²) in [5.74, 6) is 1.99. The van der Waals surface area contributed by atoms with Crippen LogP contribution in [0.5, 0.6) is 5.75 Å². The maximum atomic E-state index is 12.8. The lowest BCUT2D eigenvalue weighted by molar-refractivity contribution is 0.0952. The van der Waals surface area contributed by atoms with Gasteiger partial charge in [0.1, 0.15) is 11.6 Å². The van der Waals surface area contributed by atoms with Crippen molar-refractivity contribution in [2.24, 2.45) is 5.92 Å². The summed E-state index contributed by atoms with van der Waals surface area (Å²) < 4.78 is 5.44. The van der Waals surface area contributed by atoms with Crippen molar-refractivity contribution >= 4 is 28.9 Å². The molecule has 0 bridgehead atoms. The number of hydrogen-bond acceptors (Lipinski definition) is 6. The summed E-state index contributed by atoms with van der Waals surface area (Å²) in [6.45, 7) is 4.11. The standard InChI is InChI=1S/C23H24N4O2/c1-14-7-6-8-16(11-14)24-23-26-18-12-15(2)13-19(28)21(18)22(27-23)25-17-9-4-5-10-20(17)29-3/h4-11,15H,12-13H2,1-3H3,(H2,24,25,26,27). The number of aryl methyl sites for hydroxylation is 1. The van der Waals surface area contributed by atoms with Gasteiger partial charge in [0.2, 0.25) is 5.95 Å². The molecule has 1 heterocycles. The van der Waals surface area contributed by atoms with Crippen LogP contribution in [0.15, 0.2) is 48.5 Å². The van der Waals surface area contributed by atoms with Crippen molar-refractivity contribution in [2.75, 3.05) is 17.7 Å². The smallest absolute Gasteiger partial charge is 0.229 e. The van der Waals surface area contributed by atoms with Crippen molar-refractivity contribution in [1.29, 1.82) is 0 Å². The summed E-state index contributed by atoms with van der Waals surface area (Å²) >= 11 is 0. The Morgan fingerprint density at radius 1 is 1.03 bits per heavy atom. The summed E-state index contributed by atoms with van der Waals surface area (Å²) in [5, 5.41) is 6.57. The van der Waals surface area contributed by atoms with Crippen LogP contribution < -0.4 is 15.4 Å². The molecule has 0 aliphatic heterocycles. The second kappa shape index (κ2) is 7.91. The SMILES string of the molecule is COc1ccccc1Nc1nc(Nc2cccc(C)c2)nc2c1C(=O)CC(C)C2. The van der Waals surface area contributed by atoms with E-state index in [1.165, 1.54) is 0 Å². The number of nitrogens with zero attached hydrogens (tertiary/aromatic N) is 2. The molecule has 0 spiro atoms. The number of anilines is 4. The molecule has 2 N–H and O–H groups in total. The van der Waals surface area contributed by atoms with Gasteiger partial charge in [0.15, 0.2) is 5.78 Å². The van der Waals surface area contributed by atoms with Gasteiger partial charge in [0.25, 0.3) is 0 Å². The molecule has 0 fully saturated rings. The number of benzene rings is 2. The van der Waals surface area contributed by atoms with Gasteiger partial charge in [-0.15, -0.1) is 0 Å². The molecular weight excluding hydrogens is 364 g/mol. The molecule has 6 nitrogen and oxygen atoms in total. The molecule has 0 saturated carbocycles. The molecule has 1 aliphatic rings. The maximum absolute atomic E-state index is 12.8. The molecule has 1 aliphatic carbocycles. The van der Waals surface area contributed by atoms with Crippen LogP contribution in [0.25, 0.3) is 0 Å². The molecule has 148 valence electrons. The number of fused-ring (bicyclic) bond motifs is 1. The summed E-state index contributed by atoms with van der Waals surface area (Å²) in [6.07, 6.45) is 1.24. The molecule has 4 rings (SSSR count). The topological polar surface area (TPSA) is 76.1 Å². The molecular formula is C23H24N4O2. The third kappa shape index (κ3) is 4.06. The fraction of sp³-hybridized carbons (Fsp3) is 0.261. The van der Waals surface area contributed by atoms with Crippen LogP contribution in [0.1, 0.15) is 35.0 Å². The Bertz CT molecular complexity index is 1060. The van der Waals surface area contributed by atoms with E-state index < -0.39 is 0 Å². The quantitative estimate of drug-likeness (QED) is 0.637. The molecule has 2 aromatic carbocycles. The van der Waals surface area contributed by atoms with Crippen LogP contribution in [0.4, 0.5) is 23.1 Å². The number of carbonyl (C=O) groups is 1. The van der Waals surface area contributed by atoms with Gasteiger partial charge in [-0.3, -0.25) is 4.79 Å². The Morgan fingerprint density at radius 2 is 1.86 bits per heavy atom. The maximum Gasteiger partial charge on any atom is 0.229 e. The van der Waals surface area contributed by atoms with E-state index in [2.05, 4.69) is 27.5 Å². The summed E-state index contributed by atoms with van der Waals surface area (Å²) in [5.41, 5.74) is 4.15. The average Bonchev–Trinajstić information content (AvgIpc) is 2.67. The molecule has 0 radical (unpaired) electrons. The van der Waals surface area contributed by atoms with Crippen LogP contribution in [0.2, 0.25) is 0 Å². The molecule has 0 amide bonds. The normalized spacial score (nSPS) is 15.6. The van der Waals surface area contributed by atoms with Crippen molar-refractivity contribution in [3.05, 3.63) is 65.4 Å². The van der Waals surface area contributed by atoms with Crippen LogP contribution in [0.3, 0.4) is 0 Å². The predicted molar refractivity (Wildman–Crippen MR) is 115 cm³/mol. The van der Waals surface area contributed by atoms with E-state index in [0.29, 0.717) is 29.5 Å². The number of carbonyl (C=O) groups excluding carboxylic acids is 1. The highest BCUT2D eigenvalue weighted by Crippen LogP contribution is 2.34. The highest BCUT2D eigenvalue weighted by Gasteiger charge is 2.28. The second-order valence-corrected chi connectivity index (χ2v) is 7.47. The van der Waals surface area contributed by atoms with Gasteiger partial charge < -0.3 is 15.4 Å². The number of para-hydroxylation sites is 2. The monoisotopic (exact) mass is 388 g/mol. The molecule has 6 heteroatoms. The fourth-order valence-electron chi connectivity index (χ4n) is 3.64. The highest BCUT2D eigenvalue weighted by atomic mass is 16.5.